The summed E-state index contributed by atoms with van der Waals surface area (Å²) in [5, 5.41) is 0. The predicted octanol–water partition coefficient (Wildman–Crippen LogP) is 11.9. The Hall–Kier alpha value is 0.820. The van der Waals surface area contributed by atoms with Gasteiger partial charge in [-0.05, 0) is 99.7 Å². The number of hydrogen-bond donors (Lipinski definition) is 0. The van der Waals surface area contributed by atoms with Gasteiger partial charge in [0, 0.05) is 11.3 Å². The molecule has 0 heterocycles. The maximum atomic E-state index is 7.72. The van der Waals surface area contributed by atoms with Gasteiger partial charge in [0.15, 0.2) is 0 Å². The molecule has 1 nitrogen and oxygen atoms in total. The fourth-order valence-corrected chi connectivity index (χ4v) is 19.9. The molecule has 6 aliphatic rings. The third kappa shape index (κ3) is 7.67. The van der Waals surface area contributed by atoms with Crippen molar-refractivity contribution in [2.75, 3.05) is 0 Å². The quantitative estimate of drug-likeness (QED) is 0.262. The van der Waals surface area contributed by atoms with Gasteiger partial charge in [-0.25, -0.2) is 0 Å². The maximum Gasteiger partial charge on any atom is 0.0646 e. The molecule has 0 aromatic rings. The molecule has 0 radical (unpaired) electrons. The van der Waals surface area contributed by atoms with Crippen LogP contribution in [0.15, 0.2) is 0 Å². The minimum Gasteiger partial charge on any atom is -0.374 e. The van der Waals surface area contributed by atoms with Gasteiger partial charge >= 0.3 is 0 Å². The molecule has 0 aromatic heterocycles. The van der Waals surface area contributed by atoms with E-state index < -0.39 is 0 Å². The van der Waals surface area contributed by atoms with Crippen molar-refractivity contribution >= 4 is 15.8 Å². The van der Waals surface area contributed by atoms with E-state index in [1.54, 1.807) is 51.4 Å². The van der Waals surface area contributed by atoms with Crippen molar-refractivity contribution in [3.05, 3.63) is 0 Å². The van der Waals surface area contributed by atoms with Crippen molar-refractivity contribution in [1.82, 2.24) is 0 Å². The highest BCUT2D eigenvalue weighted by Gasteiger charge is 2.45. The standard InChI is InChI=1S/C36H64OP2/c1-5-17-29(18-6-1)38(30-19-7-2-8-20-30)35-27-15-13-25-33(35)37-34-26-14-16-28-36(34)39(31-21-9-3-10-22-31)32-23-11-4-12-24-32/h29-36H,1-28H2. The highest BCUT2D eigenvalue weighted by atomic mass is 31.1. The number of rotatable bonds is 8. The van der Waals surface area contributed by atoms with Crippen LogP contribution in [0, 0.1) is 0 Å². The molecule has 0 aromatic carbocycles. The third-order valence-electron chi connectivity index (χ3n) is 12.4. The van der Waals surface area contributed by atoms with Crippen molar-refractivity contribution in [2.24, 2.45) is 0 Å². The van der Waals surface area contributed by atoms with Gasteiger partial charge in [-0.2, -0.15) is 0 Å². The van der Waals surface area contributed by atoms with Crippen molar-refractivity contribution in [1.29, 1.82) is 0 Å². The van der Waals surface area contributed by atoms with Crippen LogP contribution in [0.3, 0.4) is 0 Å². The average Bonchev–Trinajstić information content (AvgIpc) is 3.01. The van der Waals surface area contributed by atoms with E-state index in [1.165, 1.54) is 128 Å². The van der Waals surface area contributed by atoms with E-state index in [4.69, 9.17) is 4.74 Å². The minimum atomic E-state index is 0.145. The molecule has 0 aliphatic heterocycles. The van der Waals surface area contributed by atoms with Crippen LogP contribution >= 0.6 is 15.8 Å². The summed E-state index contributed by atoms with van der Waals surface area (Å²) in [7, 11) is 0.290. The summed E-state index contributed by atoms with van der Waals surface area (Å²) < 4.78 is 7.72. The zero-order valence-corrected chi connectivity index (χ0v) is 27.5. The van der Waals surface area contributed by atoms with Gasteiger partial charge in [0.1, 0.15) is 0 Å². The van der Waals surface area contributed by atoms with Crippen molar-refractivity contribution in [3.63, 3.8) is 0 Å². The summed E-state index contributed by atoms with van der Waals surface area (Å²) in [5.41, 5.74) is 6.28. The Bertz CT molecular complexity index is 594. The third-order valence-corrected chi connectivity index (χ3v) is 20.6. The first-order valence-electron chi connectivity index (χ1n) is 18.6. The SMILES string of the molecule is C1CCC(P(C2CCCCC2)C2CCCCC2OC2CCCCC2P(C2CCCCC2)C2CCCCC2)CC1. The van der Waals surface area contributed by atoms with Gasteiger partial charge in [-0.15, -0.1) is 0 Å². The van der Waals surface area contributed by atoms with Crippen LogP contribution in [0.1, 0.15) is 180 Å². The van der Waals surface area contributed by atoms with Crippen LogP contribution in [-0.4, -0.2) is 46.2 Å². The summed E-state index contributed by atoms with van der Waals surface area (Å²) in [5.74, 6) is 0. The first-order chi connectivity index (χ1) is 19.4. The zero-order chi connectivity index (χ0) is 26.3. The molecule has 39 heavy (non-hydrogen) atoms. The Kier molecular flexibility index (Phi) is 11.9. The molecule has 0 saturated heterocycles. The van der Waals surface area contributed by atoms with Gasteiger partial charge in [-0.1, -0.05) is 119 Å². The van der Waals surface area contributed by atoms with Crippen LogP contribution in [0.25, 0.3) is 0 Å². The first kappa shape index (κ1) is 29.9. The first-order valence-corrected chi connectivity index (χ1v) is 21.7. The summed E-state index contributed by atoms with van der Waals surface area (Å²) in [6, 6.07) is 0. The lowest BCUT2D eigenvalue weighted by Gasteiger charge is -2.50. The van der Waals surface area contributed by atoms with Gasteiger partial charge in [-0.3, -0.25) is 0 Å². The fraction of sp³-hybridized carbons (Fsp3) is 1.00. The van der Waals surface area contributed by atoms with E-state index in [0.717, 1.165) is 34.0 Å². The highest BCUT2D eigenvalue weighted by molar-refractivity contribution is 7.60. The molecular weight excluding hydrogens is 510 g/mol. The average molecular weight is 575 g/mol. The molecule has 4 atom stereocenters. The van der Waals surface area contributed by atoms with Crippen LogP contribution in [0.2, 0.25) is 0 Å². The number of hydrogen-bond acceptors (Lipinski definition) is 1. The fourth-order valence-electron chi connectivity index (χ4n) is 10.6. The van der Waals surface area contributed by atoms with E-state index in [2.05, 4.69) is 0 Å². The predicted molar refractivity (Wildman–Crippen MR) is 175 cm³/mol. The van der Waals surface area contributed by atoms with E-state index in [0.29, 0.717) is 12.2 Å². The molecule has 3 heteroatoms. The Morgan fingerprint density at radius 3 is 0.846 bits per heavy atom. The molecule has 0 amide bonds. The second kappa shape index (κ2) is 15.5. The van der Waals surface area contributed by atoms with Crippen LogP contribution in [0.5, 0.6) is 0 Å². The van der Waals surface area contributed by atoms with Crippen molar-refractivity contribution < 1.29 is 4.74 Å². The van der Waals surface area contributed by atoms with Crippen molar-refractivity contribution in [2.45, 2.75) is 226 Å². The van der Waals surface area contributed by atoms with Gasteiger partial charge < -0.3 is 4.74 Å². The monoisotopic (exact) mass is 574 g/mol. The summed E-state index contributed by atoms with van der Waals surface area (Å²) >= 11 is 0. The lowest BCUT2D eigenvalue weighted by atomic mass is 9.94. The Labute approximate surface area is 246 Å². The second-order valence-electron chi connectivity index (χ2n) is 15.0. The molecule has 6 aliphatic carbocycles. The Morgan fingerprint density at radius 2 is 0.538 bits per heavy atom. The van der Waals surface area contributed by atoms with E-state index in [1.807, 2.05) is 0 Å². The van der Waals surface area contributed by atoms with Gasteiger partial charge in [0.25, 0.3) is 0 Å². The van der Waals surface area contributed by atoms with Gasteiger partial charge in [0.05, 0.1) is 12.2 Å². The lowest BCUT2D eigenvalue weighted by molar-refractivity contribution is -0.0407. The summed E-state index contributed by atoms with van der Waals surface area (Å²) in [4.78, 5) is 0. The molecule has 6 fully saturated rings. The van der Waals surface area contributed by atoms with Crippen LogP contribution in [-0.2, 0) is 4.74 Å². The lowest BCUT2D eigenvalue weighted by Crippen LogP contribution is -2.44. The molecule has 4 unspecified atom stereocenters. The molecule has 6 saturated carbocycles. The highest BCUT2D eigenvalue weighted by Crippen LogP contribution is 2.64. The molecule has 224 valence electrons. The van der Waals surface area contributed by atoms with E-state index in [9.17, 15) is 0 Å². The largest absolute Gasteiger partial charge is 0.374 e. The normalized spacial score (nSPS) is 35.5. The van der Waals surface area contributed by atoms with Gasteiger partial charge in [0.2, 0.25) is 0 Å². The maximum absolute atomic E-state index is 7.72. The Morgan fingerprint density at radius 1 is 0.282 bits per heavy atom. The molecule has 0 N–H and O–H groups in total. The molecule has 0 bridgehead atoms. The number of ether oxygens (including phenoxy) is 1. The molecular formula is C36H64OP2. The van der Waals surface area contributed by atoms with Crippen LogP contribution in [0.4, 0.5) is 0 Å². The van der Waals surface area contributed by atoms with E-state index in [-0.39, 0.29) is 15.8 Å². The Balaban J connectivity index is 1.22. The van der Waals surface area contributed by atoms with E-state index >= 15 is 0 Å². The minimum absolute atomic E-state index is 0.145. The topological polar surface area (TPSA) is 9.23 Å². The smallest absolute Gasteiger partial charge is 0.0646 e. The molecule has 6 rings (SSSR count). The summed E-state index contributed by atoms with van der Waals surface area (Å²) in [6.45, 7) is 0. The zero-order valence-electron chi connectivity index (χ0n) is 25.7. The van der Waals surface area contributed by atoms with Crippen LogP contribution < -0.4 is 0 Å². The summed E-state index contributed by atoms with van der Waals surface area (Å²) in [6.07, 6.45) is 44.0. The second-order valence-corrected chi connectivity index (χ2v) is 21.0. The van der Waals surface area contributed by atoms with Crippen molar-refractivity contribution in [3.8, 4) is 0 Å². The molecule has 0 spiro atoms.